The van der Waals surface area contributed by atoms with E-state index in [4.69, 9.17) is 14.2 Å². The van der Waals surface area contributed by atoms with Gasteiger partial charge in [-0.1, -0.05) is 65.2 Å². The largest absolute Gasteiger partial charge is 0.465 e. The van der Waals surface area contributed by atoms with Crippen LogP contribution < -0.4 is 0 Å². The van der Waals surface area contributed by atoms with Crippen molar-refractivity contribution < 1.29 is 39.4 Å². The van der Waals surface area contributed by atoms with Gasteiger partial charge in [0.1, 0.15) is 24.4 Å². The maximum absolute atomic E-state index is 11.9. The van der Waals surface area contributed by atoms with Gasteiger partial charge in [-0.3, -0.25) is 4.79 Å². The highest BCUT2D eigenvalue weighted by Gasteiger charge is 2.44. The van der Waals surface area contributed by atoms with E-state index in [1.807, 2.05) is 6.92 Å². The van der Waals surface area contributed by atoms with Crippen LogP contribution in [0.2, 0.25) is 0 Å². The Balaban J connectivity index is 2.09. The summed E-state index contributed by atoms with van der Waals surface area (Å²) in [6.07, 6.45) is 4.68. The Hall–Kier alpha value is -0.770. The molecule has 1 heterocycles. The van der Waals surface area contributed by atoms with E-state index < -0.39 is 37.3 Å². The van der Waals surface area contributed by atoms with Gasteiger partial charge in [-0.2, -0.15) is 0 Å². The molecule has 1 saturated heterocycles. The Morgan fingerprint density at radius 2 is 1.50 bits per heavy atom. The summed E-state index contributed by atoms with van der Waals surface area (Å²) < 4.78 is 16.0. The molecule has 0 unspecified atom stereocenters. The van der Waals surface area contributed by atoms with Gasteiger partial charge in [0, 0.05) is 12.3 Å². The number of hydrogen-bond acceptors (Lipinski definition) is 8. The quantitative estimate of drug-likeness (QED) is 0.214. The fraction of sp³-hybridized carbons (Fsp3) is 0.955. The van der Waals surface area contributed by atoms with Crippen molar-refractivity contribution in [3.63, 3.8) is 0 Å². The van der Waals surface area contributed by atoms with Crippen molar-refractivity contribution in [2.24, 2.45) is 5.92 Å². The van der Waals surface area contributed by atoms with Crippen LogP contribution in [0.1, 0.15) is 78.1 Å². The van der Waals surface area contributed by atoms with Crippen LogP contribution in [-0.2, 0) is 19.0 Å². The molecule has 1 fully saturated rings. The van der Waals surface area contributed by atoms with Crippen molar-refractivity contribution in [1.82, 2.24) is 0 Å². The van der Waals surface area contributed by atoms with Crippen LogP contribution in [0.15, 0.2) is 0 Å². The lowest BCUT2D eigenvalue weighted by atomic mass is 9.99. The molecule has 0 spiro atoms. The number of aliphatic hydroxyl groups excluding tert-OH is 4. The molecule has 178 valence electrons. The minimum absolute atomic E-state index is 0.133. The molecule has 0 saturated carbocycles. The van der Waals surface area contributed by atoms with Crippen molar-refractivity contribution in [2.75, 3.05) is 19.8 Å². The Morgan fingerprint density at radius 1 is 0.900 bits per heavy atom. The summed E-state index contributed by atoms with van der Waals surface area (Å²) in [7, 11) is 0. The summed E-state index contributed by atoms with van der Waals surface area (Å²) >= 11 is 0. The third-order valence-electron chi connectivity index (χ3n) is 5.41. The molecule has 0 aromatic heterocycles. The topological polar surface area (TPSA) is 126 Å². The van der Waals surface area contributed by atoms with E-state index in [1.165, 1.54) is 38.5 Å². The molecule has 30 heavy (non-hydrogen) atoms. The summed E-state index contributed by atoms with van der Waals surface area (Å²) in [5.41, 5.74) is 0. The van der Waals surface area contributed by atoms with Gasteiger partial charge in [-0.25, -0.2) is 0 Å². The molecule has 0 aromatic carbocycles. The third kappa shape index (κ3) is 10.5. The number of rotatable bonds is 16. The first-order chi connectivity index (χ1) is 14.4. The molecule has 0 bridgehead atoms. The molecule has 4 N–H and O–H groups in total. The van der Waals surface area contributed by atoms with E-state index in [-0.39, 0.29) is 25.1 Å². The molecule has 6 atom stereocenters. The average molecular weight is 435 g/mol. The minimum atomic E-state index is -1.47. The van der Waals surface area contributed by atoms with Crippen molar-refractivity contribution >= 4 is 5.97 Å². The molecule has 1 rings (SSSR count). The molecule has 0 amide bonds. The Kier molecular flexibility index (Phi) is 14.5. The van der Waals surface area contributed by atoms with E-state index in [2.05, 4.69) is 6.92 Å². The number of carbonyl (C=O) groups is 1. The molecule has 1 aliphatic rings. The zero-order chi connectivity index (χ0) is 22.4. The van der Waals surface area contributed by atoms with Gasteiger partial charge >= 0.3 is 5.97 Å². The van der Waals surface area contributed by atoms with Crippen LogP contribution in [0.25, 0.3) is 0 Å². The lowest BCUT2D eigenvalue weighted by Crippen LogP contribution is -2.59. The summed E-state index contributed by atoms with van der Waals surface area (Å²) in [5, 5.41) is 38.6. The lowest BCUT2D eigenvalue weighted by molar-refractivity contribution is -0.303. The molecule has 8 nitrogen and oxygen atoms in total. The molecule has 0 aromatic rings. The number of hydrogen-bond donors (Lipinski definition) is 4. The number of aliphatic hydroxyl groups is 4. The third-order valence-corrected chi connectivity index (χ3v) is 5.41. The van der Waals surface area contributed by atoms with Gasteiger partial charge < -0.3 is 34.6 Å². The van der Waals surface area contributed by atoms with E-state index in [0.717, 1.165) is 19.3 Å². The first-order valence-electron chi connectivity index (χ1n) is 11.5. The van der Waals surface area contributed by atoms with Crippen LogP contribution in [0.3, 0.4) is 0 Å². The fourth-order valence-corrected chi connectivity index (χ4v) is 3.40. The van der Waals surface area contributed by atoms with E-state index in [9.17, 15) is 25.2 Å². The van der Waals surface area contributed by atoms with Gasteiger partial charge in [0.25, 0.3) is 0 Å². The second-order valence-corrected chi connectivity index (χ2v) is 8.40. The highest BCUT2D eigenvalue weighted by Crippen LogP contribution is 2.22. The Labute approximate surface area is 180 Å². The SMILES string of the molecule is CCCCCCCCCCCC(=O)OC[C@H](C)CO[C@@H]1O[C@H](CO)[C@@H](O)[C@H](O)[C@H]1O. The maximum atomic E-state index is 11.9. The van der Waals surface area contributed by atoms with Crippen LogP contribution in [-0.4, -0.2) is 76.9 Å². The van der Waals surface area contributed by atoms with Crippen LogP contribution in [0, 0.1) is 5.92 Å². The number of esters is 1. The first-order valence-corrected chi connectivity index (χ1v) is 11.5. The van der Waals surface area contributed by atoms with Crippen molar-refractivity contribution in [3.05, 3.63) is 0 Å². The summed E-state index contributed by atoms with van der Waals surface area (Å²) in [6, 6.07) is 0. The second-order valence-electron chi connectivity index (χ2n) is 8.40. The highest BCUT2D eigenvalue weighted by atomic mass is 16.7. The van der Waals surface area contributed by atoms with Crippen molar-refractivity contribution in [1.29, 1.82) is 0 Å². The predicted molar refractivity (Wildman–Crippen MR) is 112 cm³/mol. The molecule has 0 radical (unpaired) electrons. The molecular formula is C22H42O8. The number of ether oxygens (including phenoxy) is 3. The zero-order valence-electron chi connectivity index (χ0n) is 18.6. The van der Waals surface area contributed by atoms with Gasteiger partial charge in [0.2, 0.25) is 0 Å². The van der Waals surface area contributed by atoms with Gasteiger partial charge in [-0.05, 0) is 6.42 Å². The van der Waals surface area contributed by atoms with Gasteiger partial charge in [0.05, 0.1) is 19.8 Å². The predicted octanol–water partition coefficient (Wildman–Crippen LogP) is 1.90. The monoisotopic (exact) mass is 434 g/mol. The number of carbonyl (C=O) groups excluding carboxylic acids is 1. The zero-order valence-corrected chi connectivity index (χ0v) is 18.6. The van der Waals surface area contributed by atoms with E-state index in [0.29, 0.717) is 6.42 Å². The minimum Gasteiger partial charge on any atom is -0.465 e. The van der Waals surface area contributed by atoms with E-state index in [1.54, 1.807) is 0 Å². The molecule has 0 aliphatic carbocycles. The van der Waals surface area contributed by atoms with Gasteiger partial charge in [0.15, 0.2) is 6.29 Å². The average Bonchev–Trinajstić information content (AvgIpc) is 2.74. The smallest absolute Gasteiger partial charge is 0.305 e. The summed E-state index contributed by atoms with van der Waals surface area (Å²) in [4.78, 5) is 11.9. The first kappa shape index (κ1) is 27.3. The van der Waals surface area contributed by atoms with Crippen LogP contribution in [0.5, 0.6) is 0 Å². The molecular weight excluding hydrogens is 392 g/mol. The van der Waals surface area contributed by atoms with Crippen molar-refractivity contribution in [3.8, 4) is 0 Å². The van der Waals surface area contributed by atoms with Crippen LogP contribution in [0.4, 0.5) is 0 Å². The maximum Gasteiger partial charge on any atom is 0.305 e. The Morgan fingerprint density at radius 3 is 2.10 bits per heavy atom. The Bertz CT molecular complexity index is 445. The highest BCUT2D eigenvalue weighted by molar-refractivity contribution is 5.69. The number of unbranched alkanes of at least 4 members (excludes halogenated alkanes) is 8. The van der Waals surface area contributed by atoms with E-state index >= 15 is 0 Å². The molecule has 8 heteroatoms. The fourth-order valence-electron chi connectivity index (χ4n) is 3.40. The molecule has 1 aliphatic heterocycles. The second kappa shape index (κ2) is 15.9. The van der Waals surface area contributed by atoms with Crippen LogP contribution >= 0.6 is 0 Å². The summed E-state index contributed by atoms with van der Waals surface area (Å²) in [5.74, 6) is -0.359. The van der Waals surface area contributed by atoms with Gasteiger partial charge in [-0.15, -0.1) is 0 Å². The normalized spacial score (nSPS) is 27.7. The standard InChI is InChI=1S/C22H42O8/c1-3-4-5-6-7-8-9-10-11-12-18(24)28-14-16(2)15-29-22-21(27)20(26)19(25)17(13-23)30-22/h16-17,19-23,25-27H,3-15H2,1-2H3/t16-,17+,19+,20-,21+,22+/m0/s1. The summed E-state index contributed by atoms with van der Waals surface area (Å²) in [6.45, 7) is 3.86. The lowest BCUT2D eigenvalue weighted by Gasteiger charge is -2.39. The van der Waals surface area contributed by atoms with Crippen molar-refractivity contribution in [2.45, 2.75) is 109 Å².